The lowest BCUT2D eigenvalue weighted by molar-refractivity contribution is -0.142. The largest absolute Gasteiger partial charge is 0.381 e. The number of amides is 1. The first-order valence-electron chi connectivity index (χ1n) is 7.37. The van der Waals surface area contributed by atoms with E-state index in [9.17, 15) is 4.79 Å². The molecule has 2 fully saturated rings. The van der Waals surface area contributed by atoms with E-state index in [4.69, 9.17) is 4.74 Å². The van der Waals surface area contributed by atoms with Gasteiger partial charge in [-0.2, -0.15) is 0 Å². The Kier molecular flexibility index (Phi) is 5.01. The van der Waals surface area contributed by atoms with Crippen LogP contribution in [-0.4, -0.2) is 49.2 Å². The molecule has 2 unspecified atom stereocenters. The van der Waals surface area contributed by atoms with Crippen LogP contribution in [0.4, 0.5) is 0 Å². The van der Waals surface area contributed by atoms with Gasteiger partial charge in [-0.15, -0.1) is 0 Å². The topological polar surface area (TPSA) is 41.6 Å². The molecule has 0 aromatic carbocycles. The average molecular weight is 254 g/mol. The van der Waals surface area contributed by atoms with E-state index in [1.165, 1.54) is 0 Å². The van der Waals surface area contributed by atoms with Gasteiger partial charge in [0.2, 0.25) is 5.91 Å². The monoisotopic (exact) mass is 254 g/mol. The van der Waals surface area contributed by atoms with Crippen LogP contribution in [-0.2, 0) is 9.53 Å². The standard InChI is InChI=1S/C14H26N2O2/c1-3-12-10-16(13(4-2)9-15-12)14(17)11-5-7-18-8-6-11/h11-13,15H,3-10H2,1-2H3. The zero-order valence-corrected chi connectivity index (χ0v) is 11.7. The van der Waals surface area contributed by atoms with Crippen molar-refractivity contribution < 1.29 is 9.53 Å². The van der Waals surface area contributed by atoms with Crippen LogP contribution in [0.3, 0.4) is 0 Å². The molecule has 2 saturated heterocycles. The summed E-state index contributed by atoms with van der Waals surface area (Å²) in [6.07, 6.45) is 3.93. The van der Waals surface area contributed by atoms with Crippen LogP contribution in [0.2, 0.25) is 0 Å². The molecule has 0 saturated carbocycles. The van der Waals surface area contributed by atoms with Gasteiger partial charge in [-0.3, -0.25) is 4.79 Å². The summed E-state index contributed by atoms with van der Waals surface area (Å²) in [6, 6.07) is 0.847. The lowest BCUT2D eigenvalue weighted by atomic mass is 9.95. The number of carbonyl (C=O) groups excluding carboxylic acids is 1. The maximum atomic E-state index is 12.6. The Morgan fingerprint density at radius 3 is 2.61 bits per heavy atom. The van der Waals surface area contributed by atoms with Crippen molar-refractivity contribution in [3.05, 3.63) is 0 Å². The number of carbonyl (C=O) groups is 1. The van der Waals surface area contributed by atoms with E-state index in [0.717, 1.165) is 52.0 Å². The van der Waals surface area contributed by atoms with Gasteiger partial charge in [-0.1, -0.05) is 13.8 Å². The van der Waals surface area contributed by atoms with Crippen molar-refractivity contribution in [3.63, 3.8) is 0 Å². The van der Waals surface area contributed by atoms with Gasteiger partial charge < -0.3 is 15.0 Å². The third-order valence-corrected chi connectivity index (χ3v) is 4.32. The Balaban J connectivity index is 1.99. The quantitative estimate of drug-likeness (QED) is 0.828. The highest BCUT2D eigenvalue weighted by Gasteiger charge is 2.33. The highest BCUT2D eigenvalue weighted by Crippen LogP contribution is 2.22. The maximum Gasteiger partial charge on any atom is 0.226 e. The van der Waals surface area contributed by atoms with E-state index < -0.39 is 0 Å². The molecule has 1 amide bonds. The number of nitrogens with one attached hydrogen (secondary N) is 1. The molecule has 0 aliphatic carbocycles. The summed E-state index contributed by atoms with van der Waals surface area (Å²) in [5, 5.41) is 3.54. The zero-order valence-electron chi connectivity index (χ0n) is 11.7. The Morgan fingerprint density at radius 2 is 2.00 bits per heavy atom. The smallest absolute Gasteiger partial charge is 0.226 e. The number of ether oxygens (including phenoxy) is 1. The zero-order chi connectivity index (χ0) is 13.0. The molecule has 2 aliphatic rings. The molecule has 0 aromatic rings. The van der Waals surface area contributed by atoms with Crippen molar-refractivity contribution in [2.45, 2.75) is 51.6 Å². The normalized spacial score (nSPS) is 30.4. The Hall–Kier alpha value is -0.610. The van der Waals surface area contributed by atoms with Crippen molar-refractivity contribution in [1.29, 1.82) is 0 Å². The summed E-state index contributed by atoms with van der Waals surface area (Å²) in [5.74, 6) is 0.563. The Morgan fingerprint density at radius 1 is 1.28 bits per heavy atom. The summed E-state index contributed by atoms with van der Waals surface area (Å²) >= 11 is 0. The maximum absolute atomic E-state index is 12.6. The summed E-state index contributed by atoms with van der Waals surface area (Å²) in [5.41, 5.74) is 0. The Bertz CT molecular complexity index is 277. The van der Waals surface area contributed by atoms with Crippen LogP contribution in [0.25, 0.3) is 0 Å². The second kappa shape index (κ2) is 6.53. The van der Waals surface area contributed by atoms with E-state index >= 15 is 0 Å². The fourth-order valence-electron chi connectivity index (χ4n) is 2.95. The molecule has 2 rings (SSSR count). The van der Waals surface area contributed by atoms with Gasteiger partial charge in [0.25, 0.3) is 0 Å². The predicted octanol–water partition coefficient (Wildman–Crippen LogP) is 1.40. The molecule has 18 heavy (non-hydrogen) atoms. The number of piperazine rings is 1. The number of rotatable bonds is 3. The van der Waals surface area contributed by atoms with Crippen molar-refractivity contribution in [1.82, 2.24) is 10.2 Å². The van der Waals surface area contributed by atoms with Gasteiger partial charge in [-0.05, 0) is 25.7 Å². The van der Waals surface area contributed by atoms with Crippen LogP contribution in [0.5, 0.6) is 0 Å². The van der Waals surface area contributed by atoms with Gasteiger partial charge in [-0.25, -0.2) is 0 Å². The minimum Gasteiger partial charge on any atom is -0.381 e. The van der Waals surface area contributed by atoms with Gasteiger partial charge in [0, 0.05) is 44.3 Å². The second-order valence-corrected chi connectivity index (χ2v) is 5.45. The minimum absolute atomic E-state index is 0.198. The van der Waals surface area contributed by atoms with Crippen molar-refractivity contribution in [2.24, 2.45) is 5.92 Å². The van der Waals surface area contributed by atoms with Crippen LogP contribution < -0.4 is 5.32 Å². The molecule has 2 heterocycles. The van der Waals surface area contributed by atoms with Crippen molar-refractivity contribution in [3.8, 4) is 0 Å². The van der Waals surface area contributed by atoms with E-state index in [2.05, 4.69) is 24.1 Å². The van der Waals surface area contributed by atoms with Gasteiger partial charge in [0.1, 0.15) is 0 Å². The molecule has 0 spiro atoms. The third-order valence-electron chi connectivity index (χ3n) is 4.32. The third kappa shape index (κ3) is 3.04. The first-order valence-corrected chi connectivity index (χ1v) is 7.37. The van der Waals surface area contributed by atoms with E-state index in [1.807, 2.05) is 0 Å². The summed E-state index contributed by atoms with van der Waals surface area (Å²) in [6.45, 7) is 7.67. The molecule has 1 N–H and O–H groups in total. The molecule has 104 valence electrons. The van der Waals surface area contributed by atoms with E-state index in [0.29, 0.717) is 18.0 Å². The first kappa shape index (κ1) is 13.8. The molecular weight excluding hydrogens is 228 g/mol. The summed E-state index contributed by atoms with van der Waals surface area (Å²) in [7, 11) is 0. The molecule has 2 atom stereocenters. The molecule has 0 bridgehead atoms. The molecule has 0 radical (unpaired) electrons. The van der Waals surface area contributed by atoms with Crippen molar-refractivity contribution >= 4 is 5.91 Å². The van der Waals surface area contributed by atoms with Crippen LogP contribution >= 0.6 is 0 Å². The lowest BCUT2D eigenvalue weighted by Gasteiger charge is -2.42. The minimum atomic E-state index is 0.198. The van der Waals surface area contributed by atoms with Gasteiger partial charge in [0.05, 0.1) is 0 Å². The number of nitrogens with zero attached hydrogens (tertiary/aromatic N) is 1. The van der Waals surface area contributed by atoms with Gasteiger partial charge in [0.15, 0.2) is 0 Å². The first-order chi connectivity index (χ1) is 8.76. The van der Waals surface area contributed by atoms with E-state index in [1.54, 1.807) is 0 Å². The SMILES string of the molecule is CCC1CN(C(=O)C2CCOCC2)C(CC)CN1. The number of hydrogen-bond donors (Lipinski definition) is 1. The fraction of sp³-hybridized carbons (Fsp3) is 0.929. The number of hydrogen-bond acceptors (Lipinski definition) is 3. The molecule has 0 aromatic heterocycles. The molecule has 4 heteroatoms. The molecule has 2 aliphatic heterocycles. The average Bonchev–Trinajstić information content (AvgIpc) is 2.46. The highest BCUT2D eigenvalue weighted by atomic mass is 16.5. The predicted molar refractivity (Wildman–Crippen MR) is 71.4 cm³/mol. The van der Waals surface area contributed by atoms with Gasteiger partial charge >= 0.3 is 0 Å². The molecule has 4 nitrogen and oxygen atoms in total. The highest BCUT2D eigenvalue weighted by molar-refractivity contribution is 5.79. The van der Waals surface area contributed by atoms with Crippen molar-refractivity contribution in [2.75, 3.05) is 26.3 Å². The molecular formula is C14H26N2O2. The lowest BCUT2D eigenvalue weighted by Crippen LogP contribution is -2.59. The summed E-state index contributed by atoms with van der Waals surface area (Å²) < 4.78 is 5.35. The van der Waals surface area contributed by atoms with Crippen LogP contribution in [0.15, 0.2) is 0 Å². The summed E-state index contributed by atoms with van der Waals surface area (Å²) in [4.78, 5) is 14.8. The Labute approximate surface area is 110 Å². The van der Waals surface area contributed by atoms with Crippen LogP contribution in [0, 0.1) is 5.92 Å². The fourth-order valence-corrected chi connectivity index (χ4v) is 2.95. The van der Waals surface area contributed by atoms with E-state index in [-0.39, 0.29) is 5.92 Å². The van der Waals surface area contributed by atoms with Crippen LogP contribution in [0.1, 0.15) is 39.5 Å². The second-order valence-electron chi connectivity index (χ2n) is 5.45.